The van der Waals surface area contributed by atoms with Crippen LogP contribution in [0.5, 0.6) is 5.88 Å². The number of benzene rings is 2. The SMILES string of the molecule is [C-]#[N+]/C(=C\c1cc2c(s1)-c1ccc(N(C)CCOC(=O)NCc3ccc(COc4nc(N)nc5nc[nH]c45)cc3)cc1C2(C)C)C(=S)OC. The van der Waals surface area contributed by atoms with E-state index in [0.29, 0.717) is 35.8 Å². The van der Waals surface area contributed by atoms with Crippen LogP contribution in [0.3, 0.4) is 0 Å². The first-order valence-corrected chi connectivity index (χ1v) is 16.6. The lowest BCUT2D eigenvalue weighted by molar-refractivity contribution is 0.148. The Bertz CT molecular complexity index is 2110. The molecule has 49 heavy (non-hydrogen) atoms. The summed E-state index contributed by atoms with van der Waals surface area (Å²) in [5, 5.41) is 3.00. The molecule has 1 amide bonds. The highest BCUT2D eigenvalue weighted by Gasteiger charge is 2.37. The molecule has 14 heteroatoms. The number of aromatic amines is 1. The number of rotatable bonds is 11. The number of fused-ring (bicyclic) bond motifs is 4. The van der Waals surface area contributed by atoms with Crippen LogP contribution < -0.4 is 20.7 Å². The molecule has 0 bridgehead atoms. The fourth-order valence-corrected chi connectivity index (χ4v) is 7.01. The molecule has 3 heterocycles. The number of nitrogens with zero attached hydrogens (tertiary/aromatic N) is 5. The standard InChI is InChI=1S/C35H34N8O4S2/c1-35(2)25-14-22(10-11-24(25)29-26(35)15-23(49-29)16-27(37-3)32(48)45-5)43(4)12-13-46-34(44)38-17-20-6-8-21(9-7-20)18-47-31-28-30(40-19-39-28)41-33(36)42-31/h6-11,14-16,19H,12-13,17-18H2,1-2,4-5H3,(H,38,44)(H3,36,39,40,41,42)/b27-16-. The van der Waals surface area contributed by atoms with Crippen molar-refractivity contribution in [1.82, 2.24) is 25.3 Å². The first-order chi connectivity index (χ1) is 23.6. The molecule has 0 fully saturated rings. The number of likely N-dealkylation sites (N-methyl/N-ethyl adjacent to an activating group) is 1. The van der Waals surface area contributed by atoms with Crippen molar-refractivity contribution in [3.8, 4) is 16.3 Å². The summed E-state index contributed by atoms with van der Waals surface area (Å²) in [6, 6.07) is 16.2. The number of nitrogen functional groups attached to an aromatic ring is 1. The number of aromatic nitrogens is 4. The van der Waals surface area contributed by atoms with Gasteiger partial charge in [0, 0.05) is 34.4 Å². The number of nitrogens with one attached hydrogen (secondary N) is 2. The van der Waals surface area contributed by atoms with Gasteiger partial charge in [0.25, 0.3) is 0 Å². The van der Waals surface area contributed by atoms with E-state index in [2.05, 4.69) is 73.1 Å². The zero-order valence-electron chi connectivity index (χ0n) is 27.4. The third-order valence-electron chi connectivity index (χ3n) is 8.35. The third-order valence-corrected chi connectivity index (χ3v) is 9.84. The Balaban J connectivity index is 0.983. The van der Waals surface area contributed by atoms with Gasteiger partial charge in [-0.3, -0.25) is 0 Å². The molecule has 12 nitrogen and oxygen atoms in total. The normalized spacial score (nSPS) is 12.9. The number of amides is 1. The average Bonchev–Trinajstić information content (AvgIpc) is 3.80. The van der Waals surface area contributed by atoms with Crippen molar-refractivity contribution in [2.75, 3.05) is 37.9 Å². The summed E-state index contributed by atoms with van der Waals surface area (Å²) in [5.41, 5.74) is 13.4. The van der Waals surface area contributed by atoms with E-state index < -0.39 is 6.09 Å². The number of thiophene rings is 1. The molecular formula is C35H34N8O4S2. The monoisotopic (exact) mass is 694 g/mol. The van der Waals surface area contributed by atoms with Gasteiger partial charge in [0.2, 0.25) is 17.5 Å². The summed E-state index contributed by atoms with van der Waals surface area (Å²) < 4.78 is 16.4. The Hall–Kier alpha value is -5.52. The van der Waals surface area contributed by atoms with Crippen molar-refractivity contribution in [3.63, 3.8) is 0 Å². The Morgan fingerprint density at radius 2 is 1.94 bits per heavy atom. The van der Waals surface area contributed by atoms with E-state index >= 15 is 0 Å². The van der Waals surface area contributed by atoms with E-state index in [1.54, 1.807) is 17.4 Å². The second-order valence-corrected chi connectivity index (χ2v) is 13.3. The van der Waals surface area contributed by atoms with Gasteiger partial charge in [-0.05, 0) is 52.1 Å². The fourth-order valence-electron chi connectivity index (χ4n) is 5.61. The van der Waals surface area contributed by atoms with E-state index in [1.165, 1.54) is 35.0 Å². The average molecular weight is 695 g/mol. The van der Waals surface area contributed by atoms with Crippen molar-refractivity contribution in [2.45, 2.75) is 32.4 Å². The molecule has 2 aromatic carbocycles. The number of anilines is 2. The Kier molecular flexibility index (Phi) is 9.48. The van der Waals surface area contributed by atoms with Crippen LogP contribution in [0.1, 0.15) is 41.0 Å². The Morgan fingerprint density at radius 1 is 1.16 bits per heavy atom. The number of alkyl carbamates (subject to hydrolysis) is 1. The molecule has 0 radical (unpaired) electrons. The number of hydrogen-bond acceptors (Lipinski definition) is 11. The van der Waals surface area contributed by atoms with Crippen LogP contribution >= 0.6 is 23.6 Å². The van der Waals surface area contributed by atoms with Crippen molar-refractivity contribution < 1.29 is 19.0 Å². The first-order valence-electron chi connectivity index (χ1n) is 15.3. The van der Waals surface area contributed by atoms with E-state index in [-0.39, 0.29) is 29.6 Å². The molecule has 1 aliphatic carbocycles. The highest BCUT2D eigenvalue weighted by Crippen LogP contribution is 2.53. The topological polar surface area (TPSA) is 145 Å². The number of carbonyl (C=O) groups excluding carboxylic acids is 1. The quantitative estimate of drug-likeness (QED) is 0.0798. The molecule has 0 spiro atoms. The van der Waals surface area contributed by atoms with Crippen molar-refractivity contribution in [2.24, 2.45) is 0 Å². The summed E-state index contributed by atoms with van der Waals surface area (Å²) in [5.74, 6) is 0.423. The largest absolute Gasteiger partial charge is 0.497 e. The van der Waals surface area contributed by atoms with Gasteiger partial charge in [-0.15, -0.1) is 11.3 Å². The summed E-state index contributed by atoms with van der Waals surface area (Å²) in [7, 11) is 3.46. The van der Waals surface area contributed by atoms with Crippen molar-refractivity contribution in [3.05, 3.63) is 99.1 Å². The number of imidazole rings is 1. The lowest BCUT2D eigenvalue weighted by atomic mass is 9.82. The van der Waals surface area contributed by atoms with Crippen LogP contribution in [-0.2, 0) is 28.0 Å². The molecule has 5 aromatic rings. The maximum Gasteiger partial charge on any atom is 0.407 e. The fraction of sp³-hybridized carbons (Fsp3) is 0.257. The van der Waals surface area contributed by atoms with Crippen LogP contribution in [-0.4, -0.2) is 58.4 Å². The number of nitrogens with two attached hydrogens (primary N) is 1. The predicted molar refractivity (Wildman–Crippen MR) is 194 cm³/mol. The maximum absolute atomic E-state index is 12.4. The number of thiocarbonyl (C=S) groups is 1. The van der Waals surface area contributed by atoms with E-state index in [0.717, 1.165) is 21.7 Å². The molecule has 0 saturated carbocycles. The zero-order chi connectivity index (χ0) is 34.7. The minimum Gasteiger partial charge on any atom is -0.497 e. The second kappa shape index (κ2) is 13.9. The first kappa shape index (κ1) is 33.4. The van der Waals surface area contributed by atoms with Crippen LogP contribution in [0, 0.1) is 6.57 Å². The number of H-pyrrole nitrogens is 1. The third kappa shape index (κ3) is 7.03. The lowest BCUT2D eigenvalue weighted by Gasteiger charge is -2.24. The predicted octanol–water partition coefficient (Wildman–Crippen LogP) is 6.48. The molecular weight excluding hydrogens is 661 g/mol. The molecule has 3 aromatic heterocycles. The number of methoxy groups -OCH3 is 1. The van der Waals surface area contributed by atoms with Gasteiger partial charge in [-0.1, -0.05) is 56.4 Å². The Morgan fingerprint density at radius 3 is 2.69 bits per heavy atom. The molecule has 250 valence electrons. The number of hydrogen-bond donors (Lipinski definition) is 3. The van der Waals surface area contributed by atoms with E-state index in [4.69, 9.17) is 38.7 Å². The van der Waals surface area contributed by atoms with Gasteiger partial charge in [0.15, 0.2) is 10.7 Å². The number of carbonyl (C=O) groups is 1. The Labute approximate surface area is 292 Å². The minimum absolute atomic E-state index is 0.0889. The molecule has 1 aliphatic rings. The maximum atomic E-state index is 12.4. The van der Waals surface area contributed by atoms with Crippen LogP contribution in [0.4, 0.5) is 16.4 Å². The lowest BCUT2D eigenvalue weighted by Crippen LogP contribution is -2.29. The van der Waals surface area contributed by atoms with E-state index in [1.807, 2.05) is 31.3 Å². The minimum atomic E-state index is -0.484. The summed E-state index contributed by atoms with van der Waals surface area (Å²) >= 11 is 6.81. The van der Waals surface area contributed by atoms with Crippen LogP contribution in [0.2, 0.25) is 0 Å². The summed E-state index contributed by atoms with van der Waals surface area (Å²) in [4.78, 5) is 35.5. The van der Waals surface area contributed by atoms with Crippen molar-refractivity contribution >= 4 is 63.6 Å². The van der Waals surface area contributed by atoms with Crippen LogP contribution in [0.25, 0.3) is 32.5 Å². The van der Waals surface area contributed by atoms with Gasteiger partial charge < -0.3 is 35.1 Å². The van der Waals surface area contributed by atoms with Crippen molar-refractivity contribution in [1.29, 1.82) is 0 Å². The molecule has 6 rings (SSSR count). The zero-order valence-corrected chi connectivity index (χ0v) is 29.0. The smallest absolute Gasteiger partial charge is 0.407 e. The van der Waals surface area contributed by atoms with Crippen LogP contribution in [0.15, 0.2) is 60.6 Å². The number of ether oxygens (including phenoxy) is 3. The second-order valence-electron chi connectivity index (χ2n) is 11.9. The van der Waals surface area contributed by atoms with Gasteiger partial charge in [0.05, 0.1) is 26.6 Å². The van der Waals surface area contributed by atoms with Gasteiger partial charge in [-0.2, -0.15) is 9.97 Å². The molecule has 0 unspecified atom stereocenters. The highest BCUT2D eigenvalue weighted by atomic mass is 32.1. The van der Waals surface area contributed by atoms with Gasteiger partial charge in [0.1, 0.15) is 18.7 Å². The summed E-state index contributed by atoms with van der Waals surface area (Å²) in [6.07, 6.45) is 2.82. The van der Waals surface area contributed by atoms with Gasteiger partial charge in [-0.25, -0.2) is 14.6 Å². The highest BCUT2D eigenvalue weighted by molar-refractivity contribution is 7.80. The molecule has 0 atom stereocenters. The van der Waals surface area contributed by atoms with E-state index in [9.17, 15) is 4.79 Å². The molecule has 0 saturated heterocycles. The molecule has 0 aliphatic heterocycles. The summed E-state index contributed by atoms with van der Waals surface area (Å²) in [6.45, 7) is 13.2. The molecule has 4 N–H and O–H groups in total. The van der Waals surface area contributed by atoms with Gasteiger partial charge >= 0.3 is 6.09 Å².